The van der Waals surface area contributed by atoms with E-state index in [9.17, 15) is 24.3 Å². The number of nitrogens with one attached hydrogen (secondary N) is 1. The maximum Gasteiger partial charge on any atom is 0.326 e. The van der Waals surface area contributed by atoms with Crippen molar-refractivity contribution in [3.8, 4) is 0 Å². The van der Waals surface area contributed by atoms with Crippen molar-refractivity contribution in [1.82, 2.24) is 5.32 Å². The topological polar surface area (TPSA) is 110 Å². The third kappa shape index (κ3) is 5.25. The second-order valence-electron chi connectivity index (χ2n) is 11.8. The molecule has 36 heavy (non-hydrogen) atoms. The fraction of sp³-hybridized carbons (Fsp3) is 0.786. The number of carboxylic acid groups (broad SMARTS) is 1. The average molecular weight is 520 g/mol. The van der Waals surface area contributed by atoms with Crippen LogP contribution in [-0.2, 0) is 23.9 Å². The summed E-state index contributed by atoms with van der Waals surface area (Å²) in [5.74, 6) is 0.765. The van der Waals surface area contributed by atoms with E-state index in [0.717, 1.165) is 44.9 Å². The molecule has 3 fully saturated rings. The largest absolute Gasteiger partial charge is 0.480 e. The van der Waals surface area contributed by atoms with Crippen molar-refractivity contribution in [3.63, 3.8) is 0 Å². The van der Waals surface area contributed by atoms with Crippen molar-refractivity contribution in [2.24, 2.45) is 28.6 Å². The van der Waals surface area contributed by atoms with Crippen molar-refractivity contribution < 1.29 is 29.0 Å². The van der Waals surface area contributed by atoms with Crippen molar-refractivity contribution in [1.29, 1.82) is 0 Å². The summed E-state index contributed by atoms with van der Waals surface area (Å²) in [6.45, 7) is 4.66. The molecule has 0 aliphatic heterocycles. The second kappa shape index (κ2) is 10.9. The summed E-state index contributed by atoms with van der Waals surface area (Å²) < 4.78 is 5.98. The van der Waals surface area contributed by atoms with Gasteiger partial charge in [-0.05, 0) is 92.6 Å². The van der Waals surface area contributed by atoms with Crippen LogP contribution in [0.1, 0.15) is 84.5 Å². The number of ether oxygens (including phenoxy) is 1. The summed E-state index contributed by atoms with van der Waals surface area (Å²) in [6.07, 6.45) is 11.7. The molecule has 2 N–H and O–H groups in total. The quantitative estimate of drug-likeness (QED) is 0.431. The van der Waals surface area contributed by atoms with Crippen molar-refractivity contribution in [2.45, 2.75) is 96.6 Å². The molecule has 1 amide bonds. The smallest absolute Gasteiger partial charge is 0.326 e. The highest BCUT2D eigenvalue weighted by atomic mass is 32.2. The maximum atomic E-state index is 12.7. The van der Waals surface area contributed by atoms with Crippen molar-refractivity contribution >= 4 is 35.4 Å². The summed E-state index contributed by atoms with van der Waals surface area (Å²) in [4.78, 5) is 48.4. The van der Waals surface area contributed by atoms with Crippen LogP contribution in [0, 0.1) is 28.6 Å². The van der Waals surface area contributed by atoms with Gasteiger partial charge in [0.1, 0.15) is 12.1 Å². The zero-order chi connectivity index (χ0) is 26.1. The minimum absolute atomic E-state index is 0.0374. The minimum Gasteiger partial charge on any atom is -0.480 e. The van der Waals surface area contributed by atoms with Gasteiger partial charge in [-0.1, -0.05) is 19.4 Å². The van der Waals surface area contributed by atoms with E-state index in [-0.39, 0.29) is 41.5 Å². The van der Waals surface area contributed by atoms with Gasteiger partial charge in [0.05, 0.1) is 6.42 Å². The van der Waals surface area contributed by atoms with Crippen LogP contribution in [0.25, 0.3) is 0 Å². The van der Waals surface area contributed by atoms with Crippen LogP contribution in [0.2, 0.25) is 0 Å². The molecule has 0 spiro atoms. The third-order valence-corrected chi connectivity index (χ3v) is 10.6. The third-order valence-electron chi connectivity index (χ3n) is 9.95. The molecule has 0 saturated heterocycles. The molecule has 7 nitrogen and oxygen atoms in total. The molecule has 7 atom stereocenters. The molecule has 0 aromatic carbocycles. The zero-order valence-corrected chi connectivity index (χ0v) is 22.7. The van der Waals surface area contributed by atoms with E-state index in [4.69, 9.17) is 4.74 Å². The van der Waals surface area contributed by atoms with Gasteiger partial charge in [0, 0.05) is 18.3 Å². The van der Waals surface area contributed by atoms with E-state index in [2.05, 4.69) is 19.2 Å². The van der Waals surface area contributed by atoms with Crippen LogP contribution >= 0.6 is 11.8 Å². The van der Waals surface area contributed by atoms with Gasteiger partial charge in [-0.25, -0.2) is 4.79 Å². The first-order chi connectivity index (χ1) is 17.1. The second-order valence-corrected chi connectivity index (χ2v) is 12.8. The summed E-state index contributed by atoms with van der Waals surface area (Å²) in [5.41, 5.74) is 1.44. The number of esters is 1. The summed E-state index contributed by atoms with van der Waals surface area (Å²) in [5, 5.41) is 11.8. The monoisotopic (exact) mass is 519 g/mol. The Labute approximate surface area is 218 Å². The normalized spacial score (nSPS) is 36.1. The number of carbonyl (C=O) groups is 4. The van der Waals surface area contributed by atoms with Crippen LogP contribution in [0.4, 0.5) is 0 Å². The first-order valence-corrected chi connectivity index (χ1v) is 14.9. The Morgan fingerprint density at radius 3 is 2.61 bits per heavy atom. The van der Waals surface area contributed by atoms with Gasteiger partial charge in [0.15, 0.2) is 5.78 Å². The zero-order valence-electron chi connectivity index (χ0n) is 21.8. The molecule has 0 radical (unpaired) electrons. The lowest BCUT2D eigenvalue weighted by Crippen LogP contribution is -2.51. The van der Waals surface area contributed by atoms with Gasteiger partial charge in [0.2, 0.25) is 5.91 Å². The molecule has 0 bridgehead atoms. The van der Waals surface area contributed by atoms with Crippen molar-refractivity contribution in [2.75, 3.05) is 12.0 Å². The number of carbonyl (C=O) groups excluding carboxylic acids is 3. The van der Waals surface area contributed by atoms with E-state index in [1.165, 1.54) is 17.3 Å². The Hall–Kier alpha value is -1.83. The number of rotatable bonds is 9. The van der Waals surface area contributed by atoms with Crippen LogP contribution < -0.4 is 5.32 Å². The Morgan fingerprint density at radius 1 is 1.11 bits per heavy atom. The van der Waals surface area contributed by atoms with Gasteiger partial charge >= 0.3 is 11.9 Å². The van der Waals surface area contributed by atoms with Crippen molar-refractivity contribution in [3.05, 3.63) is 11.6 Å². The van der Waals surface area contributed by atoms with Crippen LogP contribution in [0.5, 0.6) is 0 Å². The average Bonchev–Trinajstić information content (AvgIpc) is 3.16. The number of hydrogen-bond acceptors (Lipinski definition) is 6. The lowest BCUT2D eigenvalue weighted by atomic mass is 9.47. The predicted octanol–water partition coefficient (Wildman–Crippen LogP) is 4.53. The fourth-order valence-electron chi connectivity index (χ4n) is 7.90. The standard InChI is InChI=1S/C28H41NO6S/c1-27-13-10-18(30)16-17(27)4-5-19-20-6-7-23(28(20,2)14-11-21(19)27)35-25(32)9-8-24(31)29-22(26(33)34)12-15-36-3/h16,19-23H,4-15H2,1-3H3,(H,29,31)(H,33,34)/t19-,20+,21+,22+,23+,27+,28+/m1/s1. The Kier molecular flexibility index (Phi) is 8.22. The maximum absolute atomic E-state index is 12.7. The number of allylic oxidation sites excluding steroid dienone is 1. The summed E-state index contributed by atoms with van der Waals surface area (Å²) >= 11 is 1.53. The number of thioether (sulfide) groups is 1. The molecule has 200 valence electrons. The van der Waals surface area contributed by atoms with E-state index >= 15 is 0 Å². The first kappa shape index (κ1) is 27.2. The molecule has 0 unspecified atom stereocenters. The lowest BCUT2D eigenvalue weighted by Gasteiger charge is -2.57. The highest BCUT2D eigenvalue weighted by Gasteiger charge is 2.59. The number of fused-ring (bicyclic) bond motifs is 5. The molecule has 0 aromatic heterocycles. The van der Waals surface area contributed by atoms with E-state index in [1.54, 1.807) is 0 Å². The van der Waals surface area contributed by atoms with Gasteiger partial charge in [-0.15, -0.1) is 0 Å². The van der Waals surface area contributed by atoms with E-state index in [0.29, 0.717) is 36.3 Å². The van der Waals surface area contributed by atoms with Crippen LogP contribution in [-0.4, -0.2) is 52.9 Å². The predicted molar refractivity (Wildman–Crippen MR) is 138 cm³/mol. The van der Waals surface area contributed by atoms with Gasteiger partial charge in [0.25, 0.3) is 0 Å². The molecule has 0 heterocycles. The van der Waals surface area contributed by atoms with E-state index in [1.807, 2.05) is 12.3 Å². The number of aliphatic carboxylic acids is 1. The summed E-state index contributed by atoms with van der Waals surface area (Å²) in [6, 6.07) is -0.930. The number of carboxylic acids is 1. The molecular formula is C28H41NO6S. The minimum atomic E-state index is -1.06. The molecule has 0 aromatic rings. The molecule has 4 rings (SSSR count). The lowest BCUT2D eigenvalue weighted by molar-refractivity contribution is -0.160. The fourth-order valence-corrected chi connectivity index (χ4v) is 8.37. The van der Waals surface area contributed by atoms with Crippen LogP contribution in [0.3, 0.4) is 0 Å². The highest BCUT2D eigenvalue weighted by Crippen LogP contribution is 2.65. The highest BCUT2D eigenvalue weighted by molar-refractivity contribution is 7.98. The Balaban J connectivity index is 1.32. The Morgan fingerprint density at radius 2 is 1.89 bits per heavy atom. The molecule has 3 saturated carbocycles. The molecule has 4 aliphatic carbocycles. The number of amides is 1. The van der Waals surface area contributed by atoms with E-state index < -0.39 is 17.9 Å². The van der Waals surface area contributed by atoms with Gasteiger partial charge in [-0.2, -0.15) is 11.8 Å². The van der Waals surface area contributed by atoms with Crippen LogP contribution in [0.15, 0.2) is 11.6 Å². The SMILES string of the molecule is CSCC[C@H](NC(=O)CCC(=O)O[C@H]1CC[C@H]2[C@H]3CCC4=CC(=O)CC[C@]4(C)[C@H]3CC[C@]12C)C(=O)O. The summed E-state index contributed by atoms with van der Waals surface area (Å²) in [7, 11) is 0. The van der Waals surface area contributed by atoms with Gasteiger partial charge < -0.3 is 15.2 Å². The number of ketones is 1. The molecule has 4 aliphatic rings. The number of hydrogen-bond donors (Lipinski definition) is 2. The molecule has 8 heteroatoms. The Bertz CT molecular complexity index is 933. The van der Waals surface area contributed by atoms with Gasteiger partial charge in [-0.3, -0.25) is 14.4 Å². The molecular weight excluding hydrogens is 478 g/mol. The first-order valence-electron chi connectivity index (χ1n) is 13.5.